The largest absolute Gasteiger partial charge is 0.354 e. The zero-order valence-corrected chi connectivity index (χ0v) is 20.8. The highest BCUT2D eigenvalue weighted by Crippen LogP contribution is 2.38. The van der Waals surface area contributed by atoms with Gasteiger partial charge in [0, 0.05) is 33.7 Å². The lowest BCUT2D eigenvalue weighted by atomic mass is 9.87. The van der Waals surface area contributed by atoms with Gasteiger partial charge in [0.1, 0.15) is 11.3 Å². The maximum atomic E-state index is 4.55. The molecule has 1 fully saturated rings. The minimum atomic E-state index is 0.411. The van der Waals surface area contributed by atoms with Crippen molar-refractivity contribution in [1.29, 1.82) is 0 Å². The van der Waals surface area contributed by atoms with E-state index in [1.807, 2.05) is 28.1 Å². The summed E-state index contributed by atoms with van der Waals surface area (Å²) in [5.41, 5.74) is 7.25. The Bertz CT molecular complexity index is 1450. The highest BCUT2D eigenvalue weighted by Gasteiger charge is 2.23. The van der Waals surface area contributed by atoms with Gasteiger partial charge in [0.05, 0.1) is 12.2 Å². The molecule has 174 valence electrons. The average Bonchev–Trinajstić information content (AvgIpc) is 3.56. The van der Waals surface area contributed by atoms with Crippen molar-refractivity contribution in [2.24, 2.45) is 0 Å². The van der Waals surface area contributed by atoms with Gasteiger partial charge in [-0.15, -0.1) is 11.3 Å². The molecule has 1 aromatic carbocycles. The van der Waals surface area contributed by atoms with Crippen LogP contribution in [0.25, 0.3) is 27.8 Å². The van der Waals surface area contributed by atoms with Crippen LogP contribution in [0, 0.1) is 6.92 Å². The Labute approximate surface area is 203 Å². The number of aromatic amines is 1. The molecule has 0 unspecified atom stereocenters. The first-order chi connectivity index (χ1) is 16.5. The summed E-state index contributed by atoms with van der Waals surface area (Å²) < 4.78 is 1.84. The van der Waals surface area contributed by atoms with Crippen LogP contribution in [0.2, 0.25) is 0 Å². The summed E-state index contributed by atoms with van der Waals surface area (Å²) in [5, 5.41) is 6.91. The molecule has 4 aromatic heterocycles. The fourth-order valence-corrected chi connectivity index (χ4v) is 6.20. The lowest BCUT2D eigenvalue weighted by molar-refractivity contribution is 0.204. The van der Waals surface area contributed by atoms with Crippen LogP contribution in [-0.4, -0.2) is 42.6 Å². The molecule has 34 heavy (non-hydrogen) atoms. The predicted octanol–water partition coefficient (Wildman–Crippen LogP) is 6.15. The highest BCUT2D eigenvalue weighted by atomic mass is 32.1. The zero-order valence-electron chi connectivity index (χ0n) is 20.0. The van der Waals surface area contributed by atoms with Crippen LogP contribution in [0.1, 0.15) is 59.5 Å². The third-order valence-corrected chi connectivity index (χ3v) is 7.99. The molecule has 1 aliphatic heterocycles. The van der Waals surface area contributed by atoms with E-state index < -0.39 is 0 Å². The zero-order chi connectivity index (χ0) is 23.2. The summed E-state index contributed by atoms with van der Waals surface area (Å²) in [5.74, 6) is 1.03. The quantitative estimate of drug-likeness (QED) is 0.335. The van der Waals surface area contributed by atoms with Crippen molar-refractivity contribution in [1.82, 2.24) is 29.5 Å². The number of benzene rings is 1. The number of nitrogens with zero attached hydrogens (tertiary/aromatic N) is 5. The first-order valence-corrected chi connectivity index (χ1v) is 13.0. The molecule has 0 amide bonds. The number of likely N-dealkylation sites (tertiary alicyclic amines) is 1. The summed E-state index contributed by atoms with van der Waals surface area (Å²) in [4.78, 5) is 16.4. The number of rotatable bonds is 5. The standard InChI is InChI=1S/C27H30N6S/c1-17(2)26-22-12-20(19-8-10-32(11-9-19)15-25-28-13-18(3)34-25)4-6-23(22)31-27(26)21-5-7-24-29-16-30-33(24)14-21/h4-7,12-14,16-17,19,31H,8-11,15H2,1-3H3. The summed E-state index contributed by atoms with van der Waals surface area (Å²) in [6.07, 6.45) is 8.06. The lowest BCUT2D eigenvalue weighted by Gasteiger charge is -2.31. The van der Waals surface area contributed by atoms with E-state index in [4.69, 9.17) is 0 Å². The molecule has 6 nitrogen and oxygen atoms in total. The molecule has 5 heterocycles. The van der Waals surface area contributed by atoms with Crippen LogP contribution < -0.4 is 0 Å². The van der Waals surface area contributed by atoms with Gasteiger partial charge in [-0.1, -0.05) is 19.9 Å². The van der Waals surface area contributed by atoms with E-state index in [0.717, 1.165) is 30.8 Å². The van der Waals surface area contributed by atoms with Gasteiger partial charge in [-0.25, -0.2) is 14.5 Å². The first kappa shape index (κ1) is 21.5. The van der Waals surface area contributed by atoms with Crippen molar-refractivity contribution in [3.8, 4) is 11.3 Å². The van der Waals surface area contributed by atoms with Crippen LogP contribution >= 0.6 is 11.3 Å². The third-order valence-electron chi connectivity index (χ3n) is 7.09. The second kappa shape index (κ2) is 8.64. The molecule has 1 saturated heterocycles. The fraction of sp³-hybridized carbons (Fsp3) is 0.370. The Morgan fingerprint density at radius 1 is 1.12 bits per heavy atom. The predicted molar refractivity (Wildman–Crippen MR) is 138 cm³/mol. The van der Waals surface area contributed by atoms with Gasteiger partial charge in [0.15, 0.2) is 5.65 Å². The molecule has 0 saturated carbocycles. The van der Waals surface area contributed by atoms with Crippen molar-refractivity contribution in [3.05, 3.63) is 70.1 Å². The summed E-state index contributed by atoms with van der Waals surface area (Å²) in [7, 11) is 0. The van der Waals surface area contributed by atoms with Crippen LogP contribution in [0.15, 0.2) is 49.1 Å². The van der Waals surface area contributed by atoms with E-state index in [0.29, 0.717) is 11.8 Å². The van der Waals surface area contributed by atoms with Crippen molar-refractivity contribution < 1.29 is 0 Å². The van der Waals surface area contributed by atoms with Crippen molar-refractivity contribution in [2.45, 2.75) is 52.0 Å². The van der Waals surface area contributed by atoms with E-state index >= 15 is 0 Å². The van der Waals surface area contributed by atoms with E-state index in [2.05, 4.69) is 76.2 Å². The molecular formula is C27H30N6S. The SMILES string of the molecule is Cc1cnc(CN2CCC(c3ccc4[nH]c(-c5ccc6ncnn6c5)c(C(C)C)c4c3)CC2)s1. The fourth-order valence-electron chi connectivity index (χ4n) is 5.37. The van der Waals surface area contributed by atoms with E-state index in [1.54, 1.807) is 6.33 Å². The van der Waals surface area contributed by atoms with Gasteiger partial charge < -0.3 is 4.98 Å². The maximum Gasteiger partial charge on any atom is 0.155 e. The minimum Gasteiger partial charge on any atom is -0.354 e. The highest BCUT2D eigenvalue weighted by molar-refractivity contribution is 7.11. The first-order valence-electron chi connectivity index (χ1n) is 12.1. The van der Waals surface area contributed by atoms with Gasteiger partial charge >= 0.3 is 0 Å². The van der Waals surface area contributed by atoms with Gasteiger partial charge in [0.25, 0.3) is 0 Å². The number of thiazole rings is 1. The lowest BCUT2D eigenvalue weighted by Crippen LogP contribution is -2.32. The molecule has 5 aromatic rings. The Balaban J connectivity index is 1.27. The smallest absolute Gasteiger partial charge is 0.155 e. The molecule has 7 heteroatoms. The molecule has 0 atom stereocenters. The van der Waals surface area contributed by atoms with E-state index in [1.165, 1.54) is 50.5 Å². The Morgan fingerprint density at radius 2 is 1.97 bits per heavy atom. The number of hydrogen-bond acceptors (Lipinski definition) is 5. The Hall–Kier alpha value is -3.03. The second-order valence-corrected chi connectivity index (χ2v) is 11.1. The molecule has 1 N–H and O–H groups in total. The van der Waals surface area contributed by atoms with Crippen molar-refractivity contribution in [3.63, 3.8) is 0 Å². The number of pyridine rings is 1. The van der Waals surface area contributed by atoms with Crippen LogP contribution in [0.5, 0.6) is 0 Å². The molecular weight excluding hydrogens is 440 g/mol. The maximum absolute atomic E-state index is 4.55. The Kier molecular flexibility index (Phi) is 5.46. The van der Waals surface area contributed by atoms with Crippen LogP contribution in [0.4, 0.5) is 0 Å². The number of piperidine rings is 1. The van der Waals surface area contributed by atoms with Crippen LogP contribution in [0.3, 0.4) is 0 Å². The second-order valence-electron chi connectivity index (χ2n) is 9.77. The normalized spacial score (nSPS) is 15.8. The number of aromatic nitrogens is 5. The minimum absolute atomic E-state index is 0.411. The van der Waals surface area contributed by atoms with Crippen molar-refractivity contribution >= 4 is 27.9 Å². The van der Waals surface area contributed by atoms with E-state index in [-0.39, 0.29) is 0 Å². The number of aryl methyl sites for hydroxylation is 1. The van der Waals surface area contributed by atoms with E-state index in [9.17, 15) is 0 Å². The van der Waals surface area contributed by atoms with Gasteiger partial charge in [-0.3, -0.25) is 4.90 Å². The monoisotopic (exact) mass is 470 g/mol. The van der Waals surface area contributed by atoms with Gasteiger partial charge in [-0.2, -0.15) is 5.10 Å². The third kappa shape index (κ3) is 3.93. The summed E-state index contributed by atoms with van der Waals surface area (Å²) >= 11 is 1.82. The topological polar surface area (TPSA) is 62.1 Å². The summed E-state index contributed by atoms with van der Waals surface area (Å²) in [6.45, 7) is 9.95. The molecule has 1 aliphatic rings. The van der Waals surface area contributed by atoms with Crippen LogP contribution in [-0.2, 0) is 6.54 Å². The molecule has 0 aliphatic carbocycles. The van der Waals surface area contributed by atoms with Gasteiger partial charge in [-0.05, 0) is 80.1 Å². The number of H-pyrrole nitrogens is 1. The molecule has 6 rings (SSSR count). The molecule has 0 spiro atoms. The average molecular weight is 471 g/mol. The molecule has 0 radical (unpaired) electrons. The number of fused-ring (bicyclic) bond motifs is 2. The molecule has 0 bridgehead atoms. The van der Waals surface area contributed by atoms with Gasteiger partial charge in [0.2, 0.25) is 0 Å². The number of hydrogen-bond donors (Lipinski definition) is 1. The Morgan fingerprint density at radius 3 is 2.74 bits per heavy atom. The van der Waals surface area contributed by atoms with Crippen molar-refractivity contribution in [2.75, 3.05) is 13.1 Å². The number of nitrogens with one attached hydrogen (secondary N) is 1. The summed E-state index contributed by atoms with van der Waals surface area (Å²) in [6, 6.07) is 11.2.